The third-order valence-corrected chi connectivity index (χ3v) is 7.88. The van der Waals surface area contributed by atoms with Crippen molar-refractivity contribution in [1.29, 1.82) is 0 Å². The second-order valence-corrected chi connectivity index (χ2v) is 10.8. The molecule has 1 saturated heterocycles. The van der Waals surface area contributed by atoms with Gasteiger partial charge < -0.3 is 5.32 Å². The average Bonchev–Trinajstić information content (AvgIpc) is 3.39. The lowest BCUT2D eigenvalue weighted by Gasteiger charge is -2.33. The Morgan fingerprint density at radius 2 is 1.97 bits per heavy atom. The number of aryl methyl sites for hydroxylation is 1. The lowest BCUT2D eigenvalue weighted by atomic mass is 10.0. The van der Waals surface area contributed by atoms with Gasteiger partial charge in [-0.05, 0) is 61.7 Å². The maximum absolute atomic E-state index is 13.5. The Balaban J connectivity index is 1.21. The summed E-state index contributed by atoms with van der Waals surface area (Å²) in [4.78, 5) is 26.4. The number of hydrogen-bond acceptors (Lipinski definition) is 6. The monoisotopic (exact) mass is 498 g/mol. The molecular formula is C28H30N6OS. The van der Waals surface area contributed by atoms with Crippen molar-refractivity contribution in [3.8, 4) is 16.5 Å². The van der Waals surface area contributed by atoms with Crippen molar-refractivity contribution < 1.29 is 4.79 Å². The zero-order chi connectivity index (χ0) is 24.5. The number of amides is 1. The Hall–Kier alpha value is -3.36. The number of carbonyl (C=O) groups is 1. The Morgan fingerprint density at radius 3 is 2.75 bits per heavy atom. The first-order valence-corrected chi connectivity index (χ1v) is 13.6. The fraction of sp³-hybridized carbons (Fsp3) is 0.357. The number of thiophene rings is 1. The number of carbonyl (C=O) groups excluding carboxylic acids is 1. The largest absolute Gasteiger partial charge is 0.348 e. The summed E-state index contributed by atoms with van der Waals surface area (Å²) in [7, 11) is 0. The van der Waals surface area contributed by atoms with E-state index in [-0.39, 0.29) is 11.9 Å². The smallest absolute Gasteiger partial charge is 0.255 e. The third-order valence-electron chi connectivity index (χ3n) is 7.01. The summed E-state index contributed by atoms with van der Waals surface area (Å²) in [5.41, 5.74) is 4.84. The maximum atomic E-state index is 13.5. The summed E-state index contributed by atoms with van der Waals surface area (Å²) in [5, 5.41) is 9.97. The molecule has 1 atom stereocenters. The van der Waals surface area contributed by atoms with Crippen molar-refractivity contribution in [2.24, 2.45) is 0 Å². The number of nitrogens with zero attached hydrogens (tertiary/aromatic N) is 5. The molecule has 1 aliphatic carbocycles. The van der Waals surface area contributed by atoms with Crippen molar-refractivity contribution in [2.45, 2.75) is 51.1 Å². The van der Waals surface area contributed by atoms with Crippen molar-refractivity contribution >= 4 is 17.2 Å². The number of likely N-dealkylation sites (tertiary alicyclic amines) is 1. The summed E-state index contributed by atoms with van der Waals surface area (Å²) in [5.74, 6) is 0.807. The fourth-order valence-electron chi connectivity index (χ4n) is 5.06. The van der Waals surface area contributed by atoms with Crippen LogP contribution in [0.2, 0.25) is 0 Å². The highest BCUT2D eigenvalue weighted by molar-refractivity contribution is 7.13. The van der Waals surface area contributed by atoms with E-state index in [9.17, 15) is 4.79 Å². The molecule has 0 radical (unpaired) electrons. The molecule has 1 N–H and O–H groups in total. The van der Waals surface area contributed by atoms with E-state index in [4.69, 9.17) is 4.98 Å². The topological polar surface area (TPSA) is 75.9 Å². The molecule has 184 valence electrons. The number of rotatable bonds is 7. The van der Waals surface area contributed by atoms with Crippen LogP contribution in [0.4, 0.5) is 0 Å². The van der Waals surface area contributed by atoms with Crippen molar-refractivity contribution in [3.63, 3.8) is 0 Å². The normalized spacial score (nSPS) is 18.3. The first-order chi connectivity index (χ1) is 17.7. The van der Waals surface area contributed by atoms with Crippen molar-refractivity contribution in [1.82, 2.24) is 30.0 Å². The molecule has 6 rings (SSSR count). The van der Waals surface area contributed by atoms with Gasteiger partial charge in [0.2, 0.25) is 0 Å². The van der Waals surface area contributed by atoms with Gasteiger partial charge in [0.05, 0.1) is 28.0 Å². The Kier molecular flexibility index (Phi) is 6.37. The van der Waals surface area contributed by atoms with Gasteiger partial charge in [-0.25, -0.2) is 14.6 Å². The molecule has 1 saturated carbocycles. The van der Waals surface area contributed by atoms with Gasteiger partial charge in [0.25, 0.3) is 11.9 Å². The quantitative estimate of drug-likeness (QED) is 0.389. The van der Waals surface area contributed by atoms with Crippen LogP contribution in [-0.4, -0.2) is 49.7 Å². The van der Waals surface area contributed by atoms with E-state index in [2.05, 4.69) is 56.0 Å². The Labute approximate surface area is 215 Å². The summed E-state index contributed by atoms with van der Waals surface area (Å²) in [6.45, 7) is 4.85. The van der Waals surface area contributed by atoms with Gasteiger partial charge in [0, 0.05) is 31.2 Å². The number of hydrogen-bond donors (Lipinski definition) is 1. The summed E-state index contributed by atoms with van der Waals surface area (Å²) in [6.07, 6.45) is 7.73. The van der Waals surface area contributed by atoms with E-state index in [0.717, 1.165) is 67.1 Å². The van der Waals surface area contributed by atoms with Gasteiger partial charge in [-0.15, -0.1) is 11.3 Å². The standard InChI is InChI=1S/C28H30N6OS/c1-19-15-29-28(32-25(19)24-10-6-14-36-24)34-26(21-11-12-21)23(16-30-34)27(35)31-22-9-5-13-33(18-22)17-20-7-3-2-4-8-20/h2-4,6-8,10,14-16,21-22H,5,9,11-13,17-18H2,1H3,(H,31,35)/t22-/m1/s1. The van der Waals surface area contributed by atoms with Crippen LogP contribution in [0.3, 0.4) is 0 Å². The Morgan fingerprint density at radius 1 is 1.11 bits per heavy atom. The van der Waals surface area contributed by atoms with Crippen LogP contribution >= 0.6 is 11.3 Å². The van der Waals surface area contributed by atoms with E-state index in [1.54, 1.807) is 22.2 Å². The van der Waals surface area contributed by atoms with Crippen LogP contribution in [0, 0.1) is 6.92 Å². The lowest BCUT2D eigenvalue weighted by Crippen LogP contribution is -2.47. The van der Waals surface area contributed by atoms with E-state index in [0.29, 0.717) is 17.4 Å². The van der Waals surface area contributed by atoms with Gasteiger partial charge in [0.1, 0.15) is 0 Å². The fourth-order valence-corrected chi connectivity index (χ4v) is 5.84. The molecular weight excluding hydrogens is 468 g/mol. The maximum Gasteiger partial charge on any atom is 0.255 e. The van der Waals surface area contributed by atoms with Crippen LogP contribution in [0.25, 0.3) is 16.5 Å². The highest BCUT2D eigenvalue weighted by Gasteiger charge is 2.34. The van der Waals surface area contributed by atoms with E-state index in [1.165, 1.54) is 5.56 Å². The molecule has 1 aliphatic heterocycles. The molecule has 0 bridgehead atoms. The minimum absolute atomic E-state index is 0.0414. The minimum atomic E-state index is -0.0414. The van der Waals surface area contributed by atoms with Crippen LogP contribution < -0.4 is 5.32 Å². The van der Waals surface area contributed by atoms with Gasteiger partial charge in [0.15, 0.2) is 0 Å². The van der Waals surface area contributed by atoms with Gasteiger partial charge in [-0.2, -0.15) is 5.10 Å². The van der Waals surface area contributed by atoms with Crippen molar-refractivity contribution in [3.05, 3.63) is 82.6 Å². The number of piperidine rings is 1. The van der Waals surface area contributed by atoms with Crippen LogP contribution in [-0.2, 0) is 6.54 Å². The SMILES string of the molecule is Cc1cnc(-n2ncc(C(=O)N[C@@H]3CCCN(Cc4ccccc4)C3)c2C2CC2)nc1-c1cccs1. The second-order valence-electron chi connectivity index (χ2n) is 9.84. The van der Waals surface area contributed by atoms with E-state index in [1.807, 2.05) is 25.3 Å². The zero-order valence-corrected chi connectivity index (χ0v) is 21.2. The molecule has 1 amide bonds. The number of aromatic nitrogens is 4. The number of nitrogens with one attached hydrogen (secondary N) is 1. The molecule has 4 heterocycles. The van der Waals surface area contributed by atoms with Crippen molar-refractivity contribution in [2.75, 3.05) is 13.1 Å². The van der Waals surface area contributed by atoms with Gasteiger partial charge in [-0.3, -0.25) is 9.69 Å². The molecule has 7 nitrogen and oxygen atoms in total. The Bertz CT molecular complexity index is 1350. The van der Waals surface area contributed by atoms with E-state index < -0.39 is 0 Å². The lowest BCUT2D eigenvalue weighted by molar-refractivity contribution is 0.0899. The van der Waals surface area contributed by atoms with Crippen LogP contribution in [0.1, 0.15) is 58.8 Å². The molecule has 0 spiro atoms. The first-order valence-electron chi connectivity index (χ1n) is 12.7. The average molecular weight is 499 g/mol. The predicted molar refractivity (Wildman–Crippen MR) is 141 cm³/mol. The highest BCUT2D eigenvalue weighted by Crippen LogP contribution is 2.42. The molecule has 3 aromatic heterocycles. The van der Waals surface area contributed by atoms with Crippen LogP contribution in [0.15, 0.2) is 60.2 Å². The molecule has 1 aromatic carbocycles. The van der Waals surface area contributed by atoms with Gasteiger partial charge in [-0.1, -0.05) is 36.4 Å². The second kappa shape index (κ2) is 9.95. The summed E-state index contributed by atoms with van der Waals surface area (Å²) in [6, 6.07) is 14.8. The first kappa shape index (κ1) is 23.1. The molecule has 2 fully saturated rings. The molecule has 0 unspecified atom stereocenters. The molecule has 8 heteroatoms. The van der Waals surface area contributed by atoms with Gasteiger partial charge >= 0.3 is 0 Å². The number of benzene rings is 1. The third kappa shape index (κ3) is 4.83. The summed E-state index contributed by atoms with van der Waals surface area (Å²) >= 11 is 1.66. The summed E-state index contributed by atoms with van der Waals surface area (Å²) < 4.78 is 1.78. The molecule has 4 aromatic rings. The van der Waals surface area contributed by atoms with E-state index >= 15 is 0 Å². The molecule has 36 heavy (non-hydrogen) atoms. The highest BCUT2D eigenvalue weighted by atomic mass is 32.1. The molecule has 2 aliphatic rings. The zero-order valence-electron chi connectivity index (χ0n) is 20.4. The van der Waals surface area contributed by atoms with Crippen LogP contribution in [0.5, 0.6) is 0 Å². The predicted octanol–water partition coefficient (Wildman–Crippen LogP) is 4.97. The minimum Gasteiger partial charge on any atom is -0.348 e.